The quantitative estimate of drug-likeness (QED) is 0.497. The van der Waals surface area contributed by atoms with Crippen LogP contribution in [-0.2, 0) is 17.8 Å². The van der Waals surface area contributed by atoms with Crippen molar-refractivity contribution >= 4 is 33.4 Å². The number of hydrogen-bond donors (Lipinski definition) is 1. The van der Waals surface area contributed by atoms with Gasteiger partial charge in [0, 0.05) is 3.57 Å². The number of aliphatic hydroxyl groups excluding tert-OH is 1. The van der Waals surface area contributed by atoms with Crippen molar-refractivity contribution < 1.29 is 9.84 Å². The van der Waals surface area contributed by atoms with E-state index in [2.05, 4.69) is 59.0 Å². The zero-order valence-electron chi connectivity index (χ0n) is 14.4. The molecule has 3 aromatic carbocycles. The second-order valence-corrected chi connectivity index (χ2v) is 7.52. The first kappa shape index (κ1) is 18.4. The van der Waals surface area contributed by atoms with Gasteiger partial charge in [0.05, 0.1) is 18.8 Å². The number of aryl methyl sites for hydroxylation is 1. The molecule has 3 heteroatoms. The summed E-state index contributed by atoms with van der Waals surface area (Å²) in [6.45, 7) is 2.48. The van der Waals surface area contributed by atoms with Crippen LogP contribution in [0.4, 0.5) is 0 Å². The van der Waals surface area contributed by atoms with Crippen molar-refractivity contribution in [1.82, 2.24) is 0 Å². The largest absolute Gasteiger partial charge is 0.390 e. The summed E-state index contributed by atoms with van der Waals surface area (Å²) in [4.78, 5) is 0. The Kier molecular flexibility index (Phi) is 6.45. The molecule has 0 saturated heterocycles. The van der Waals surface area contributed by atoms with Crippen molar-refractivity contribution in [2.75, 3.05) is 0 Å². The van der Waals surface area contributed by atoms with Crippen molar-refractivity contribution in [3.05, 3.63) is 81.4 Å². The van der Waals surface area contributed by atoms with Gasteiger partial charge < -0.3 is 9.84 Å². The topological polar surface area (TPSA) is 29.5 Å². The van der Waals surface area contributed by atoms with Gasteiger partial charge in [-0.05, 0) is 70.3 Å². The predicted octanol–water partition coefficient (Wildman–Crippen LogP) is 5.34. The Balaban J connectivity index is 1.60. The lowest BCUT2D eigenvalue weighted by atomic mass is 9.98. The third-order valence-corrected chi connectivity index (χ3v) is 5.58. The molecule has 0 fully saturated rings. The molecule has 25 heavy (non-hydrogen) atoms. The van der Waals surface area contributed by atoms with Crippen LogP contribution in [0.25, 0.3) is 10.8 Å². The number of hydrogen-bond acceptors (Lipinski definition) is 2. The number of halogens is 1. The van der Waals surface area contributed by atoms with Crippen LogP contribution in [0.5, 0.6) is 0 Å². The molecule has 3 aromatic rings. The van der Waals surface area contributed by atoms with Crippen LogP contribution in [-0.4, -0.2) is 17.3 Å². The van der Waals surface area contributed by atoms with E-state index in [0.717, 1.165) is 12.0 Å². The van der Waals surface area contributed by atoms with Crippen LogP contribution < -0.4 is 0 Å². The maximum atomic E-state index is 10.5. The average molecular weight is 446 g/mol. The van der Waals surface area contributed by atoms with Gasteiger partial charge in [-0.2, -0.15) is 0 Å². The Morgan fingerprint density at radius 3 is 2.48 bits per heavy atom. The molecule has 0 spiro atoms. The van der Waals surface area contributed by atoms with Gasteiger partial charge in [0.25, 0.3) is 0 Å². The molecule has 0 amide bonds. The van der Waals surface area contributed by atoms with Crippen molar-refractivity contribution in [2.24, 2.45) is 0 Å². The summed E-state index contributed by atoms with van der Waals surface area (Å²) < 4.78 is 7.10. The lowest BCUT2D eigenvalue weighted by molar-refractivity contribution is -0.0377. The van der Waals surface area contributed by atoms with Gasteiger partial charge in [-0.25, -0.2) is 0 Å². The summed E-state index contributed by atoms with van der Waals surface area (Å²) >= 11 is 2.38. The van der Waals surface area contributed by atoms with Gasteiger partial charge in [0.1, 0.15) is 0 Å². The monoisotopic (exact) mass is 446 g/mol. The van der Waals surface area contributed by atoms with E-state index in [4.69, 9.17) is 4.74 Å². The highest BCUT2D eigenvalue weighted by molar-refractivity contribution is 14.1. The normalized spacial score (nSPS) is 13.7. The highest BCUT2D eigenvalue weighted by Crippen LogP contribution is 2.26. The van der Waals surface area contributed by atoms with Gasteiger partial charge in [-0.3, -0.25) is 0 Å². The maximum absolute atomic E-state index is 10.5. The SMILES string of the molecule is C[C@H](OCc1ccccc1)[C@@H](O)CCc1c(I)ccc2ccccc12. The van der Waals surface area contributed by atoms with E-state index in [9.17, 15) is 5.11 Å². The minimum Gasteiger partial charge on any atom is -0.390 e. The first-order valence-corrected chi connectivity index (χ1v) is 9.73. The van der Waals surface area contributed by atoms with Crippen molar-refractivity contribution in [1.29, 1.82) is 0 Å². The molecular formula is C22H23IO2. The fraction of sp³-hybridized carbons (Fsp3) is 0.273. The molecule has 0 bridgehead atoms. The average Bonchev–Trinajstić information content (AvgIpc) is 2.66. The van der Waals surface area contributed by atoms with Crippen LogP contribution in [0.3, 0.4) is 0 Å². The van der Waals surface area contributed by atoms with Crippen LogP contribution in [0.15, 0.2) is 66.7 Å². The van der Waals surface area contributed by atoms with Crippen LogP contribution in [0.2, 0.25) is 0 Å². The summed E-state index contributed by atoms with van der Waals surface area (Å²) in [5.74, 6) is 0. The highest BCUT2D eigenvalue weighted by Gasteiger charge is 2.16. The molecule has 3 rings (SSSR count). The summed E-state index contributed by atoms with van der Waals surface area (Å²) in [5, 5.41) is 13.0. The molecule has 0 aliphatic carbocycles. The molecule has 0 unspecified atom stereocenters. The zero-order valence-corrected chi connectivity index (χ0v) is 16.5. The number of rotatable bonds is 7. The Morgan fingerprint density at radius 2 is 1.68 bits per heavy atom. The summed E-state index contributed by atoms with van der Waals surface area (Å²) in [7, 11) is 0. The minimum absolute atomic E-state index is 0.187. The number of benzene rings is 3. The molecule has 0 aliphatic heterocycles. The lowest BCUT2D eigenvalue weighted by Crippen LogP contribution is -2.26. The van der Waals surface area contributed by atoms with Crippen molar-refractivity contribution in [2.45, 2.75) is 38.6 Å². The number of fused-ring (bicyclic) bond motifs is 1. The Hall–Kier alpha value is -1.43. The molecule has 0 saturated carbocycles. The zero-order chi connectivity index (χ0) is 17.6. The van der Waals surface area contributed by atoms with Crippen LogP contribution in [0, 0.1) is 3.57 Å². The third kappa shape index (κ3) is 4.81. The molecular weight excluding hydrogens is 423 g/mol. The van der Waals surface area contributed by atoms with Crippen LogP contribution >= 0.6 is 22.6 Å². The third-order valence-electron chi connectivity index (χ3n) is 4.57. The molecule has 0 aliphatic rings. The lowest BCUT2D eigenvalue weighted by Gasteiger charge is -2.20. The van der Waals surface area contributed by atoms with E-state index in [0.29, 0.717) is 13.0 Å². The van der Waals surface area contributed by atoms with E-state index < -0.39 is 6.10 Å². The highest BCUT2D eigenvalue weighted by atomic mass is 127. The second kappa shape index (κ2) is 8.79. The molecule has 1 N–H and O–H groups in total. The van der Waals surface area contributed by atoms with E-state index in [-0.39, 0.29) is 6.10 Å². The first-order valence-electron chi connectivity index (χ1n) is 8.65. The minimum atomic E-state index is -0.474. The second-order valence-electron chi connectivity index (χ2n) is 6.35. The van der Waals surface area contributed by atoms with E-state index in [1.165, 1.54) is 19.9 Å². The number of ether oxygens (including phenoxy) is 1. The van der Waals surface area contributed by atoms with Gasteiger partial charge in [-0.15, -0.1) is 0 Å². The van der Waals surface area contributed by atoms with Crippen molar-refractivity contribution in [3.63, 3.8) is 0 Å². The smallest absolute Gasteiger partial charge is 0.0810 e. The maximum Gasteiger partial charge on any atom is 0.0810 e. The predicted molar refractivity (Wildman–Crippen MR) is 112 cm³/mol. The Bertz CT molecular complexity index is 817. The summed E-state index contributed by atoms with van der Waals surface area (Å²) in [6.07, 6.45) is 0.881. The molecule has 0 radical (unpaired) electrons. The Morgan fingerprint density at radius 1 is 0.960 bits per heavy atom. The van der Waals surface area contributed by atoms with Gasteiger partial charge in [0.15, 0.2) is 0 Å². The molecule has 130 valence electrons. The van der Waals surface area contributed by atoms with Crippen LogP contribution in [0.1, 0.15) is 24.5 Å². The Labute approximate surface area is 163 Å². The van der Waals surface area contributed by atoms with Gasteiger partial charge in [0.2, 0.25) is 0 Å². The van der Waals surface area contributed by atoms with Crippen molar-refractivity contribution in [3.8, 4) is 0 Å². The standard InChI is InChI=1S/C22H23IO2/c1-16(25-15-17-7-3-2-4-8-17)22(24)14-12-20-19-10-6-5-9-18(19)11-13-21(20)23/h2-11,13,16,22,24H,12,14-15H2,1H3/t16-,22-/m0/s1. The van der Waals surface area contributed by atoms with E-state index >= 15 is 0 Å². The summed E-state index contributed by atoms with van der Waals surface area (Å²) in [6, 6.07) is 22.8. The number of aliphatic hydroxyl groups is 1. The molecule has 0 heterocycles. The fourth-order valence-corrected chi connectivity index (χ4v) is 3.74. The first-order chi connectivity index (χ1) is 12.1. The molecule has 2 atom stereocenters. The summed E-state index contributed by atoms with van der Waals surface area (Å²) in [5.41, 5.74) is 2.44. The molecule has 0 aromatic heterocycles. The fourth-order valence-electron chi connectivity index (χ4n) is 3.00. The molecule has 2 nitrogen and oxygen atoms in total. The van der Waals surface area contributed by atoms with Gasteiger partial charge >= 0.3 is 0 Å². The van der Waals surface area contributed by atoms with Gasteiger partial charge in [-0.1, -0.05) is 60.7 Å². The van der Waals surface area contributed by atoms with E-state index in [1.807, 2.05) is 37.3 Å². The van der Waals surface area contributed by atoms with E-state index in [1.54, 1.807) is 0 Å².